The number of nitrogens with zero attached hydrogens (tertiary/aromatic N) is 1. The number of esters is 1. The van der Waals surface area contributed by atoms with Crippen molar-refractivity contribution < 1.29 is 19.2 Å². The highest BCUT2D eigenvalue weighted by Gasteiger charge is 2.25. The highest BCUT2D eigenvalue weighted by Crippen LogP contribution is 2.34. The monoisotopic (exact) mass is 454 g/mol. The third-order valence-electron chi connectivity index (χ3n) is 4.09. The molecule has 0 saturated heterocycles. The molecule has 0 radical (unpaired) electrons. The SMILES string of the molecule is NCCCC[C@H](N)C(=O)Oc1cc([N+](=O)[O-])c(Cl)cc1C(=O)Nc1ccccc1Cl. The number of carbonyl (C=O) groups is 2. The number of rotatable bonds is 9. The Kier molecular flexibility index (Phi) is 8.55. The second-order valence-electron chi connectivity index (χ2n) is 6.30. The van der Waals surface area contributed by atoms with Crippen molar-refractivity contribution >= 4 is 46.5 Å². The Morgan fingerprint density at radius 2 is 1.87 bits per heavy atom. The van der Waals surface area contributed by atoms with Crippen LogP contribution in [-0.2, 0) is 4.79 Å². The van der Waals surface area contributed by atoms with Gasteiger partial charge in [-0.2, -0.15) is 0 Å². The number of amides is 1. The van der Waals surface area contributed by atoms with Gasteiger partial charge in [0.25, 0.3) is 11.6 Å². The van der Waals surface area contributed by atoms with Gasteiger partial charge in [-0.1, -0.05) is 41.8 Å². The number of hydrogen-bond donors (Lipinski definition) is 3. The van der Waals surface area contributed by atoms with Crippen LogP contribution in [0.2, 0.25) is 10.0 Å². The van der Waals surface area contributed by atoms with Crippen molar-refractivity contribution in [1.82, 2.24) is 0 Å². The van der Waals surface area contributed by atoms with E-state index in [2.05, 4.69) is 5.32 Å². The van der Waals surface area contributed by atoms with Crippen molar-refractivity contribution in [2.45, 2.75) is 25.3 Å². The van der Waals surface area contributed by atoms with Crippen molar-refractivity contribution in [3.63, 3.8) is 0 Å². The normalized spacial score (nSPS) is 11.6. The lowest BCUT2D eigenvalue weighted by molar-refractivity contribution is -0.384. The second-order valence-corrected chi connectivity index (χ2v) is 7.12. The molecule has 0 aliphatic heterocycles. The van der Waals surface area contributed by atoms with E-state index < -0.39 is 28.5 Å². The van der Waals surface area contributed by atoms with Gasteiger partial charge in [0.05, 0.1) is 27.3 Å². The van der Waals surface area contributed by atoms with Crippen molar-refractivity contribution in [2.24, 2.45) is 11.5 Å². The standard InChI is InChI=1S/C19H20Cl2N4O5/c20-12-5-1-2-7-15(12)24-18(26)11-9-13(21)16(25(28)29)10-17(11)30-19(27)14(23)6-3-4-8-22/h1-2,5,7,9-10,14H,3-4,6,8,22-23H2,(H,24,26)/t14-/m0/s1. The summed E-state index contributed by atoms with van der Waals surface area (Å²) in [5, 5.41) is 13.7. The molecule has 0 unspecified atom stereocenters. The number of halogens is 2. The van der Waals surface area contributed by atoms with E-state index in [0.717, 1.165) is 12.1 Å². The van der Waals surface area contributed by atoms with Gasteiger partial charge in [0.15, 0.2) is 5.75 Å². The minimum atomic E-state index is -0.981. The molecule has 0 aliphatic rings. The van der Waals surface area contributed by atoms with E-state index in [-0.39, 0.29) is 21.4 Å². The number of nitro benzene ring substituents is 1. The van der Waals surface area contributed by atoms with Gasteiger partial charge in [-0.25, -0.2) is 4.79 Å². The summed E-state index contributed by atoms with van der Waals surface area (Å²) in [5.41, 5.74) is 10.8. The van der Waals surface area contributed by atoms with E-state index >= 15 is 0 Å². The first kappa shape index (κ1) is 23.6. The highest BCUT2D eigenvalue weighted by atomic mass is 35.5. The molecule has 5 N–H and O–H groups in total. The molecule has 1 atom stereocenters. The summed E-state index contributed by atoms with van der Waals surface area (Å²) < 4.78 is 5.22. The van der Waals surface area contributed by atoms with Gasteiger partial charge in [0.1, 0.15) is 11.1 Å². The summed E-state index contributed by atoms with van der Waals surface area (Å²) in [7, 11) is 0. The zero-order chi connectivity index (χ0) is 22.3. The highest BCUT2D eigenvalue weighted by molar-refractivity contribution is 6.34. The molecule has 1 amide bonds. The van der Waals surface area contributed by atoms with Crippen LogP contribution in [0.15, 0.2) is 36.4 Å². The average Bonchev–Trinajstić information content (AvgIpc) is 2.70. The minimum absolute atomic E-state index is 0.187. The van der Waals surface area contributed by atoms with Crippen LogP contribution in [0.25, 0.3) is 0 Å². The van der Waals surface area contributed by atoms with Crippen molar-refractivity contribution in [3.8, 4) is 5.75 Å². The molecule has 2 rings (SSSR count). The smallest absolute Gasteiger partial charge is 0.328 e. The molecule has 0 saturated carbocycles. The molecular weight excluding hydrogens is 435 g/mol. The fourth-order valence-corrected chi connectivity index (χ4v) is 2.92. The van der Waals surface area contributed by atoms with Crippen LogP contribution in [0, 0.1) is 10.1 Å². The maximum absolute atomic E-state index is 12.7. The Labute approximate surface area is 182 Å². The average molecular weight is 455 g/mol. The topological polar surface area (TPSA) is 151 Å². The molecular formula is C19H20Cl2N4O5. The molecule has 0 bridgehead atoms. The molecule has 0 aliphatic carbocycles. The maximum Gasteiger partial charge on any atom is 0.328 e. The Bertz CT molecular complexity index is 955. The van der Waals surface area contributed by atoms with Gasteiger partial charge in [-0.3, -0.25) is 14.9 Å². The summed E-state index contributed by atoms with van der Waals surface area (Å²) in [5.74, 6) is -1.90. The zero-order valence-corrected chi connectivity index (χ0v) is 17.3. The Morgan fingerprint density at radius 3 is 2.50 bits per heavy atom. The molecule has 9 nitrogen and oxygen atoms in total. The van der Waals surface area contributed by atoms with Crippen LogP contribution in [0.5, 0.6) is 5.75 Å². The van der Waals surface area contributed by atoms with E-state index in [0.29, 0.717) is 31.5 Å². The van der Waals surface area contributed by atoms with Crippen molar-refractivity contribution in [3.05, 3.63) is 62.1 Å². The number of ether oxygens (including phenoxy) is 1. The van der Waals surface area contributed by atoms with E-state index in [1.54, 1.807) is 24.3 Å². The second kappa shape index (κ2) is 10.9. The van der Waals surface area contributed by atoms with Crippen LogP contribution in [0.3, 0.4) is 0 Å². The number of nitro groups is 1. The van der Waals surface area contributed by atoms with E-state index in [1.165, 1.54) is 0 Å². The number of unbranched alkanes of at least 4 members (excludes halogenated alkanes) is 1. The van der Waals surface area contributed by atoms with Gasteiger partial charge in [0, 0.05) is 0 Å². The molecule has 11 heteroatoms. The Morgan fingerprint density at radius 1 is 1.17 bits per heavy atom. The Balaban J connectivity index is 2.33. The lowest BCUT2D eigenvalue weighted by Gasteiger charge is -2.14. The summed E-state index contributed by atoms with van der Waals surface area (Å²) in [6.07, 6.45) is 1.60. The maximum atomic E-state index is 12.7. The Hall–Kier alpha value is -2.72. The van der Waals surface area contributed by atoms with Crippen LogP contribution >= 0.6 is 23.2 Å². The minimum Gasteiger partial charge on any atom is -0.424 e. The van der Waals surface area contributed by atoms with Gasteiger partial charge in [0.2, 0.25) is 0 Å². The lowest BCUT2D eigenvalue weighted by Crippen LogP contribution is -2.34. The van der Waals surface area contributed by atoms with Gasteiger partial charge in [-0.15, -0.1) is 0 Å². The van der Waals surface area contributed by atoms with Gasteiger partial charge >= 0.3 is 5.97 Å². The van der Waals surface area contributed by atoms with E-state index in [9.17, 15) is 19.7 Å². The molecule has 160 valence electrons. The number of nitrogens with two attached hydrogens (primary N) is 2. The zero-order valence-electron chi connectivity index (χ0n) is 15.8. The lowest BCUT2D eigenvalue weighted by atomic mass is 10.1. The molecule has 0 fully saturated rings. The van der Waals surface area contributed by atoms with Crippen LogP contribution in [0.1, 0.15) is 29.6 Å². The molecule has 0 aromatic heterocycles. The number of nitrogens with one attached hydrogen (secondary N) is 1. The van der Waals surface area contributed by atoms with Crippen LogP contribution in [0.4, 0.5) is 11.4 Å². The first-order chi connectivity index (χ1) is 14.2. The quantitative estimate of drug-likeness (QED) is 0.172. The van der Waals surface area contributed by atoms with Crippen molar-refractivity contribution in [1.29, 1.82) is 0 Å². The third-order valence-corrected chi connectivity index (χ3v) is 4.73. The number of para-hydroxylation sites is 1. The molecule has 2 aromatic rings. The first-order valence-corrected chi connectivity index (χ1v) is 9.71. The van der Waals surface area contributed by atoms with Crippen LogP contribution in [-0.4, -0.2) is 29.4 Å². The first-order valence-electron chi connectivity index (χ1n) is 8.95. The summed E-state index contributed by atoms with van der Waals surface area (Å²) >= 11 is 12.0. The van der Waals surface area contributed by atoms with Gasteiger partial charge < -0.3 is 21.5 Å². The molecule has 30 heavy (non-hydrogen) atoms. The fourth-order valence-electron chi connectivity index (χ4n) is 2.51. The summed E-state index contributed by atoms with van der Waals surface area (Å²) in [6, 6.07) is 7.45. The number of benzene rings is 2. The number of anilines is 1. The van der Waals surface area contributed by atoms with Crippen molar-refractivity contribution in [2.75, 3.05) is 11.9 Å². The summed E-state index contributed by atoms with van der Waals surface area (Å²) in [4.78, 5) is 35.5. The predicted molar refractivity (Wildman–Crippen MR) is 114 cm³/mol. The summed E-state index contributed by atoms with van der Waals surface area (Å²) in [6.45, 7) is 0.456. The molecule has 0 spiro atoms. The third kappa shape index (κ3) is 6.14. The van der Waals surface area contributed by atoms with E-state index in [4.69, 9.17) is 39.4 Å². The molecule has 0 heterocycles. The largest absolute Gasteiger partial charge is 0.424 e. The van der Waals surface area contributed by atoms with E-state index in [1.807, 2.05) is 0 Å². The number of carbonyl (C=O) groups excluding carboxylic acids is 2. The number of hydrogen-bond acceptors (Lipinski definition) is 7. The fraction of sp³-hybridized carbons (Fsp3) is 0.263. The predicted octanol–water partition coefficient (Wildman–Crippen LogP) is 3.52. The van der Waals surface area contributed by atoms with Crippen LogP contribution < -0.4 is 21.5 Å². The van der Waals surface area contributed by atoms with Gasteiger partial charge in [-0.05, 0) is 37.6 Å². The molecule has 2 aromatic carbocycles.